The van der Waals surface area contributed by atoms with Crippen LogP contribution in [0.25, 0.3) is 0 Å². The fourth-order valence-corrected chi connectivity index (χ4v) is 2.79. The number of rotatable bonds is 5. The smallest absolute Gasteiger partial charge is 0.216 e. The Labute approximate surface area is 120 Å². The van der Waals surface area contributed by atoms with Crippen molar-refractivity contribution >= 4 is 5.91 Å². The van der Waals surface area contributed by atoms with Crippen molar-refractivity contribution in [2.45, 2.75) is 26.2 Å². The Morgan fingerprint density at radius 3 is 3.00 bits per heavy atom. The highest BCUT2D eigenvalue weighted by molar-refractivity contribution is 5.72. The first-order valence-electron chi connectivity index (χ1n) is 7.35. The van der Waals surface area contributed by atoms with E-state index >= 15 is 0 Å². The average Bonchev–Trinajstić information content (AvgIpc) is 2.45. The van der Waals surface area contributed by atoms with E-state index < -0.39 is 0 Å². The van der Waals surface area contributed by atoms with E-state index in [1.165, 1.54) is 6.07 Å². The summed E-state index contributed by atoms with van der Waals surface area (Å²) in [6.07, 6.45) is 3.07. The van der Waals surface area contributed by atoms with Crippen molar-refractivity contribution < 1.29 is 9.18 Å². The molecule has 1 N–H and O–H groups in total. The zero-order chi connectivity index (χ0) is 14.4. The molecule has 1 aromatic rings. The summed E-state index contributed by atoms with van der Waals surface area (Å²) in [5.74, 6) is 0.445. The van der Waals surface area contributed by atoms with E-state index in [9.17, 15) is 9.18 Å². The van der Waals surface area contributed by atoms with Crippen molar-refractivity contribution in [3.63, 3.8) is 0 Å². The molecular weight excluding hydrogens is 255 g/mol. The second-order valence-electron chi connectivity index (χ2n) is 5.59. The normalized spacial score (nSPS) is 19.8. The average molecular weight is 278 g/mol. The van der Waals surface area contributed by atoms with Crippen LogP contribution in [-0.4, -0.2) is 37.0 Å². The molecular formula is C16H23FN2O. The van der Waals surface area contributed by atoms with Crippen LogP contribution in [0.3, 0.4) is 0 Å². The molecule has 4 heteroatoms. The van der Waals surface area contributed by atoms with Crippen molar-refractivity contribution in [1.29, 1.82) is 0 Å². The second-order valence-corrected chi connectivity index (χ2v) is 5.59. The number of hydrogen-bond donors (Lipinski definition) is 1. The molecule has 110 valence electrons. The highest BCUT2D eigenvalue weighted by Gasteiger charge is 2.19. The van der Waals surface area contributed by atoms with Gasteiger partial charge in [0.15, 0.2) is 0 Å². The molecule has 2 rings (SSSR count). The standard InChI is InChI=1S/C16H23FN2O/c1-13(20)18-11-14-5-4-9-19(12-14)10-8-15-6-2-3-7-16(15)17/h2-3,6-7,14H,4-5,8-12H2,1H3,(H,18,20)/t14-/m1/s1. The Balaban J connectivity index is 1.78. The molecule has 0 radical (unpaired) electrons. The maximum Gasteiger partial charge on any atom is 0.216 e. The minimum absolute atomic E-state index is 0.0356. The quantitative estimate of drug-likeness (QED) is 0.895. The van der Waals surface area contributed by atoms with Crippen molar-refractivity contribution in [3.05, 3.63) is 35.6 Å². The molecule has 1 heterocycles. The second kappa shape index (κ2) is 7.39. The van der Waals surface area contributed by atoms with E-state index in [2.05, 4.69) is 10.2 Å². The molecule has 1 fully saturated rings. The van der Waals surface area contributed by atoms with E-state index in [-0.39, 0.29) is 11.7 Å². The van der Waals surface area contributed by atoms with Gasteiger partial charge in [-0.2, -0.15) is 0 Å². The fourth-order valence-electron chi connectivity index (χ4n) is 2.79. The molecule has 1 amide bonds. The Bertz CT molecular complexity index is 450. The summed E-state index contributed by atoms with van der Waals surface area (Å²) in [4.78, 5) is 13.3. The molecule has 1 saturated heterocycles. The Morgan fingerprint density at radius 1 is 1.45 bits per heavy atom. The maximum absolute atomic E-state index is 13.6. The first-order valence-corrected chi connectivity index (χ1v) is 7.35. The van der Waals surface area contributed by atoms with Crippen molar-refractivity contribution in [2.24, 2.45) is 5.92 Å². The zero-order valence-corrected chi connectivity index (χ0v) is 12.1. The van der Waals surface area contributed by atoms with Crippen molar-refractivity contribution in [1.82, 2.24) is 10.2 Å². The van der Waals surface area contributed by atoms with Gasteiger partial charge in [-0.1, -0.05) is 18.2 Å². The van der Waals surface area contributed by atoms with E-state index in [1.807, 2.05) is 12.1 Å². The molecule has 0 aliphatic carbocycles. The SMILES string of the molecule is CC(=O)NC[C@H]1CCCN(CCc2ccccc2F)C1. The molecule has 1 atom stereocenters. The molecule has 0 saturated carbocycles. The van der Waals surface area contributed by atoms with Gasteiger partial charge in [-0.05, 0) is 43.4 Å². The van der Waals surface area contributed by atoms with Crippen LogP contribution in [0.5, 0.6) is 0 Å². The van der Waals surface area contributed by atoms with Gasteiger partial charge in [0.1, 0.15) is 5.82 Å². The van der Waals surface area contributed by atoms with E-state index in [1.54, 1.807) is 13.0 Å². The lowest BCUT2D eigenvalue weighted by Crippen LogP contribution is -2.41. The fraction of sp³-hybridized carbons (Fsp3) is 0.562. The number of carbonyl (C=O) groups excluding carboxylic acids is 1. The summed E-state index contributed by atoms with van der Waals surface area (Å²) >= 11 is 0. The largest absolute Gasteiger partial charge is 0.356 e. The molecule has 3 nitrogen and oxygen atoms in total. The summed E-state index contributed by atoms with van der Waals surface area (Å²) in [5, 5.41) is 2.89. The maximum atomic E-state index is 13.6. The van der Waals surface area contributed by atoms with Crippen LogP contribution in [-0.2, 0) is 11.2 Å². The topological polar surface area (TPSA) is 32.3 Å². The molecule has 1 aliphatic rings. The summed E-state index contributed by atoms with van der Waals surface area (Å²) in [6, 6.07) is 6.98. The Kier molecular flexibility index (Phi) is 5.53. The van der Waals surface area contributed by atoms with Crippen LogP contribution in [0.15, 0.2) is 24.3 Å². The monoisotopic (exact) mass is 278 g/mol. The number of carbonyl (C=O) groups is 1. The highest BCUT2D eigenvalue weighted by Crippen LogP contribution is 2.16. The Morgan fingerprint density at radius 2 is 2.25 bits per heavy atom. The van der Waals surface area contributed by atoms with Gasteiger partial charge in [-0.25, -0.2) is 4.39 Å². The third-order valence-corrected chi connectivity index (χ3v) is 3.90. The lowest BCUT2D eigenvalue weighted by atomic mass is 9.97. The molecule has 0 spiro atoms. The third-order valence-electron chi connectivity index (χ3n) is 3.90. The van der Waals surface area contributed by atoms with Gasteiger partial charge in [-0.15, -0.1) is 0 Å². The van der Waals surface area contributed by atoms with Gasteiger partial charge in [0.05, 0.1) is 0 Å². The number of halogens is 1. The number of benzene rings is 1. The lowest BCUT2D eigenvalue weighted by Gasteiger charge is -2.32. The van der Waals surface area contributed by atoms with E-state index in [0.717, 1.165) is 51.0 Å². The van der Waals surface area contributed by atoms with Gasteiger partial charge in [-0.3, -0.25) is 4.79 Å². The van der Waals surface area contributed by atoms with Gasteiger partial charge in [0.25, 0.3) is 0 Å². The molecule has 1 aromatic carbocycles. The van der Waals surface area contributed by atoms with Crippen LogP contribution in [0.2, 0.25) is 0 Å². The van der Waals surface area contributed by atoms with Crippen LogP contribution in [0, 0.1) is 11.7 Å². The number of piperidine rings is 1. The summed E-state index contributed by atoms with van der Waals surface area (Å²) in [5.41, 5.74) is 0.788. The first kappa shape index (κ1) is 15.0. The van der Waals surface area contributed by atoms with Crippen LogP contribution >= 0.6 is 0 Å². The number of likely N-dealkylation sites (tertiary alicyclic amines) is 1. The minimum atomic E-state index is -0.112. The van der Waals surface area contributed by atoms with Crippen LogP contribution < -0.4 is 5.32 Å². The first-order chi connectivity index (χ1) is 9.65. The van der Waals surface area contributed by atoms with Crippen molar-refractivity contribution in [2.75, 3.05) is 26.2 Å². The van der Waals surface area contributed by atoms with Gasteiger partial charge in [0.2, 0.25) is 5.91 Å². The third kappa shape index (κ3) is 4.60. The molecule has 0 bridgehead atoms. The van der Waals surface area contributed by atoms with E-state index in [4.69, 9.17) is 0 Å². The predicted octanol–water partition coefficient (Wildman–Crippen LogP) is 2.22. The summed E-state index contributed by atoms with van der Waals surface area (Å²) in [7, 11) is 0. The van der Waals surface area contributed by atoms with Crippen LogP contribution in [0.4, 0.5) is 4.39 Å². The number of hydrogen-bond acceptors (Lipinski definition) is 2. The van der Waals surface area contributed by atoms with Gasteiger partial charge in [0, 0.05) is 26.6 Å². The molecule has 0 unspecified atom stereocenters. The van der Waals surface area contributed by atoms with E-state index in [0.29, 0.717) is 5.92 Å². The number of amides is 1. The lowest BCUT2D eigenvalue weighted by molar-refractivity contribution is -0.119. The zero-order valence-electron chi connectivity index (χ0n) is 12.1. The van der Waals surface area contributed by atoms with Gasteiger partial charge >= 0.3 is 0 Å². The molecule has 1 aliphatic heterocycles. The highest BCUT2D eigenvalue weighted by atomic mass is 19.1. The number of nitrogens with one attached hydrogen (secondary N) is 1. The molecule has 0 aromatic heterocycles. The minimum Gasteiger partial charge on any atom is -0.356 e. The van der Waals surface area contributed by atoms with Crippen LogP contribution in [0.1, 0.15) is 25.3 Å². The summed E-state index contributed by atoms with van der Waals surface area (Å²) < 4.78 is 13.6. The van der Waals surface area contributed by atoms with Gasteiger partial charge < -0.3 is 10.2 Å². The Hall–Kier alpha value is -1.42. The molecule has 20 heavy (non-hydrogen) atoms. The summed E-state index contributed by atoms with van der Waals surface area (Å²) in [6.45, 7) is 5.27. The van der Waals surface area contributed by atoms with Crippen molar-refractivity contribution in [3.8, 4) is 0 Å². The number of nitrogens with zero attached hydrogens (tertiary/aromatic N) is 1. The predicted molar refractivity (Wildman–Crippen MR) is 78.0 cm³/mol.